The molecule has 0 saturated heterocycles. The minimum Gasteiger partial charge on any atom is -0.455 e. The van der Waals surface area contributed by atoms with Gasteiger partial charge in [0, 0.05) is 6.07 Å². The largest absolute Gasteiger partial charge is 0.455 e. The Kier molecular flexibility index (Phi) is 4.41. The van der Waals surface area contributed by atoms with E-state index in [4.69, 9.17) is 10.2 Å². The summed E-state index contributed by atoms with van der Waals surface area (Å²) < 4.78 is 31.7. The summed E-state index contributed by atoms with van der Waals surface area (Å²) in [6, 6.07) is 6.00. The van der Waals surface area contributed by atoms with E-state index < -0.39 is 22.6 Å². The monoisotopic (exact) mass is 309 g/mol. The molecule has 0 saturated carbocycles. The lowest BCUT2D eigenvalue weighted by atomic mass is 10.1. The average molecular weight is 309 g/mol. The molecular formula is C12H9F2N5O3. The minimum absolute atomic E-state index is 0.0825. The van der Waals surface area contributed by atoms with E-state index in [9.17, 15) is 18.9 Å². The van der Waals surface area contributed by atoms with E-state index in [2.05, 4.69) is 10.2 Å². The zero-order chi connectivity index (χ0) is 16.1. The van der Waals surface area contributed by atoms with Crippen LogP contribution in [0.25, 0.3) is 11.3 Å². The Hall–Kier alpha value is -3.30. The highest BCUT2D eigenvalue weighted by Gasteiger charge is 2.10. The molecule has 0 spiro atoms. The fourth-order valence-electron chi connectivity index (χ4n) is 1.52. The first-order chi connectivity index (χ1) is 10.5. The van der Waals surface area contributed by atoms with E-state index in [1.54, 1.807) is 5.43 Å². The van der Waals surface area contributed by atoms with Gasteiger partial charge in [0.15, 0.2) is 5.03 Å². The predicted molar refractivity (Wildman–Crippen MR) is 73.4 cm³/mol. The Morgan fingerprint density at radius 3 is 2.82 bits per heavy atom. The van der Waals surface area contributed by atoms with Gasteiger partial charge in [-0.05, 0) is 24.3 Å². The maximum Gasteiger partial charge on any atom is 0.275 e. The van der Waals surface area contributed by atoms with Crippen LogP contribution in [0.4, 0.5) is 8.78 Å². The van der Waals surface area contributed by atoms with Crippen molar-refractivity contribution in [3.05, 3.63) is 57.8 Å². The zero-order valence-corrected chi connectivity index (χ0v) is 10.9. The van der Waals surface area contributed by atoms with Gasteiger partial charge in [-0.2, -0.15) is 5.10 Å². The van der Waals surface area contributed by atoms with Crippen molar-refractivity contribution in [3.8, 4) is 11.3 Å². The van der Waals surface area contributed by atoms with Gasteiger partial charge < -0.3 is 10.2 Å². The summed E-state index contributed by atoms with van der Waals surface area (Å²) in [5.41, 5.74) is 6.81. The van der Waals surface area contributed by atoms with Crippen LogP contribution in [-0.2, 0) is 0 Å². The standard InChI is InChI=1S/C12H9F2N5O3/c13-7-1-3-9(10(14)5-7)11-4-2-8(22-11)6-16-17-12(15)18-19(20)21/h1-6H,(H3,15,17,18)/b16-6-. The van der Waals surface area contributed by atoms with Crippen molar-refractivity contribution in [1.82, 2.24) is 5.43 Å². The summed E-state index contributed by atoms with van der Waals surface area (Å²) >= 11 is 0. The molecule has 0 aliphatic carbocycles. The van der Waals surface area contributed by atoms with Gasteiger partial charge in [-0.25, -0.2) is 18.9 Å². The molecule has 3 N–H and O–H groups in total. The number of furan rings is 1. The summed E-state index contributed by atoms with van der Waals surface area (Å²) in [4.78, 5) is 10.1. The van der Waals surface area contributed by atoms with E-state index in [1.807, 2.05) is 0 Å². The first kappa shape index (κ1) is 15.1. The second-order valence-electron chi connectivity index (χ2n) is 3.92. The van der Waals surface area contributed by atoms with Crippen LogP contribution < -0.4 is 11.2 Å². The second-order valence-corrected chi connectivity index (χ2v) is 3.92. The molecule has 2 rings (SSSR count). The number of hydrogen-bond acceptors (Lipinski definition) is 5. The number of hydrazine groups is 1. The number of nitrogens with two attached hydrogens (primary N) is 1. The molecule has 8 nitrogen and oxygen atoms in total. The smallest absolute Gasteiger partial charge is 0.275 e. The van der Waals surface area contributed by atoms with Gasteiger partial charge in [-0.1, -0.05) is 5.43 Å². The Morgan fingerprint density at radius 1 is 1.36 bits per heavy atom. The molecule has 1 heterocycles. The number of nitrogens with zero attached hydrogens (tertiary/aromatic N) is 3. The van der Waals surface area contributed by atoms with Crippen molar-refractivity contribution in [2.24, 2.45) is 15.9 Å². The van der Waals surface area contributed by atoms with Crippen LogP contribution >= 0.6 is 0 Å². The maximum atomic E-state index is 13.6. The molecule has 10 heteroatoms. The number of benzene rings is 1. The highest BCUT2D eigenvalue weighted by Crippen LogP contribution is 2.25. The van der Waals surface area contributed by atoms with Crippen LogP contribution in [-0.4, -0.2) is 17.2 Å². The maximum absolute atomic E-state index is 13.6. The number of hydrogen-bond donors (Lipinski definition) is 2. The Bertz CT molecular complexity index is 757. The normalized spacial score (nSPS) is 11.8. The topological polar surface area (TPSA) is 119 Å². The molecule has 0 aliphatic rings. The van der Waals surface area contributed by atoms with Gasteiger partial charge in [0.05, 0.1) is 11.8 Å². The van der Waals surface area contributed by atoms with E-state index in [-0.39, 0.29) is 17.1 Å². The number of guanidine groups is 1. The van der Waals surface area contributed by atoms with Crippen LogP contribution in [0, 0.1) is 21.7 Å². The fraction of sp³-hybridized carbons (Fsp3) is 0. The summed E-state index contributed by atoms with van der Waals surface area (Å²) in [6.45, 7) is 0. The molecule has 2 aromatic rings. The van der Waals surface area contributed by atoms with Crippen LogP contribution in [0.15, 0.2) is 45.0 Å². The molecule has 0 fully saturated rings. The molecule has 22 heavy (non-hydrogen) atoms. The second kappa shape index (κ2) is 6.43. The summed E-state index contributed by atoms with van der Waals surface area (Å²) in [5, 5.41) is 15.9. The Morgan fingerprint density at radius 2 is 2.14 bits per heavy atom. The van der Waals surface area contributed by atoms with E-state index >= 15 is 0 Å². The number of rotatable bonds is 4. The summed E-state index contributed by atoms with van der Waals surface area (Å²) in [5.74, 6) is -1.61. The molecular weight excluding hydrogens is 300 g/mol. The lowest BCUT2D eigenvalue weighted by molar-refractivity contribution is -0.525. The minimum atomic E-state index is -0.892. The van der Waals surface area contributed by atoms with Gasteiger partial charge in [0.2, 0.25) is 0 Å². The third-order valence-corrected chi connectivity index (χ3v) is 2.38. The third kappa shape index (κ3) is 3.85. The zero-order valence-electron chi connectivity index (χ0n) is 10.9. The molecule has 0 radical (unpaired) electrons. The van der Waals surface area contributed by atoms with Crippen molar-refractivity contribution in [3.63, 3.8) is 0 Å². The molecule has 114 valence electrons. The first-order valence-corrected chi connectivity index (χ1v) is 5.78. The average Bonchev–Trinajstić information content (AvgIpc) is 2.86. The third-order valence-electron chi connectivity index (χ3n) is 2.38. The lowest BCUT2D eigenvalue weighted by Crippen LogP contribution is -2.35. The van der Waals surface area contributed by atoms with Crippen LogP contribution in [0.3, 0.4) is 0 Å². The van der Waals surface area contributed by atoms with Crippen molar-refractivity contribution < 1.29 is 18.2 Å². The van der Waals surface area contributed by atoms with Gasteiger partial charge in [-0.3, -0.25) is 0 Å². The molecule has 0 unspecified atom stereocenters. The SMILES string of the molecule is NC(=N/N=C\c1ccc(-c2ccc(F)cc2F)o1)N[N+](=O)[O-]. The number of nitrogens with one attached hydrogen (secondary N) is 1. The Balaban J connectivity index is 2.13. The first-order valence-electron chi connectivity index (χ1n) is 5.78. The summed E-state index contributed by atoms with van der Waals surface area (Å²) in [6.07, 6.45) is 1.12. The highest BCUT2D eigenvalue weighted by atomic mass is 19.1. The number of nitro groups is 1. The molecule has 0 amide bonds. The fourth-order valence-corrected chi connectivity index (χ4v) is 1.52. The van der Waals surface area contributed by atoms with Gasteiger partial charge in [0.1, 0.15) is 23.2 Å². The number of halogens is 2. The van der Waals surface area contributed by atoms with Crippen molar-refractivity contribution in [2.75, 3.05) is 0 Å². The van der Waals surface area contributed by atoms with Crippen LogP contribution in [0.1, 0.15) is 5.76 Å². The van der Waals surface area contributed by atoms with Crippen molar-refractivity contribution in [2.45, 2.75) is 0 Å². The van der Waals surface area contributed by atoms with Gasteiger partial charge in [0.25, 0.3) is 5.96 Å². The van der Waals surface area contributed by atoms with Crippen molar-refractivity contribution in [1.29, 1.82) is 0 Å². The van der Waals surface area contributed by atoms with Crippen LogP contribution in [0.5, 0.6) is 0 Å². The molecule has 0 bridgehead atoms. The molecule has 0 atom stereocenters. The van der Waals surface area contributed by atoms with E-state index in [1.165, 1.54) is 18.2 Å². The van der Waals surface area contributed by atoms with Gasteiger partial charge in [-0.15, -0.1) is 5.10 Å². The highest BCUT2D eigenvalue weighted by molar-refractivity contribution is 5.80. The quantitative estimate of drug-likeness (QED) is 0.385. The van der Waals surface area contributed by atoms with Crippen LogP contribution in [0.2, 0.25) is 0 Å². The lowest BCUT2D eigenvalue weighted by Gasteiger charge is -1.98. The predicted octanol–water partition coefficient (Wildman–Crippen LogP) is 1.65. The molecule has 1 aromatic heterocycles. The van der Waals surface area contributed by atoms with E-state index in [0.717, 1.165) is 18.3 Å². The molecule has 0 aliphatic heterocycles. The van der Waals surface area contributed by atoms with Crippen molar-refractivity contribution >= 4 is 12.2 Å². The summed E-state index contributed by atoms with van der Waals surface area (Å²) in [7, 11) is 0. The van der Waals surface area contributed by atoms with E-state index in [0.29, 0.717) is 0 Å². The molecule has 1 aromatic carbocycles. The Labute approximate surface area is 122 Å². The van der Waals surface area contributed by atoms with Gasteiger partial charge >= 0.3 is 0 Å².